The van der Waals surface area contributed by atoms with Gasteiger partial charge >= 0.3 is 0 Å². The highest BCUT2D eigenvalue weighted by atomic mass is 79.9. The van der Waals surface area contributed by atoms with E-state index in [0.717, 1.165) is 0 Å². The van der Waals surface area contributed by atoms with E-state index in [1.807, 2.05) is 0 Å². The Hall–Kier alpha value is -1.75. The van der Waals surface area contributed by atoms with Gasteiger partial charge in [-0.2, -0.15) is 0 Å². The van der Waals surface area contributed by atoms with Crippen LogP contribution in [0.5, 0.6) is 11.5 Å². The fraction of sp³-hybridized carbons (Fsp3) is 0.143. The number of hydrogen-bond donors (Lipinski definition) is 1. The lowest BCUT2D eigenvalue weighted by Gasteiger charge is -2.14. The highest BCUT2D eigenvalue weighted by molar-refractivity contribution is 9.10. The number of anilines is 1. The quantitative estimate of drug-likeness (QED) is 0.871. The predicted molar refractivity (Wildman–Crippen MR) is 77.1 cm³/mol. The van der Waals surface area contributed by atoms with Crippen molar-refractivity contribution in [1.29, 1.82) is 0 Å². The first-order chi connectivity index (χ1) is 9.08. The van der Waals surface area contributed by atoms with Crippen molar-refractivity contribution in [3.8, 4) is 22.6 Å². The highest BCUT2D eigenvalue weighted by Gasteiger charge is 2.16. The molecule has 0 radical (unpaired) electrons. The Morgan fingerprint density at radius 2 is 1.74 bits per heavy atom. The second-order valence-electron chi connectivity index (χ2n) is 3.90. The number of nitrogen functional groups attached to an aromatic ring is 1. The molecule has 0 atom stereocenters. The van der Waals surface area contributed by atoms with Crippen LogP contribution in [0.4, 0.5) is 10.1 Å². The fourth-order valence-electron chi connectivity index (χ4n) is 1.86. The molecule has 19 heavy (non-hydrogen) atoms. The highest BCUT2D eigenvalue weighted by Crippen LogP contribution is 2.42. The molecule has 0 aliphatic heterocycles. The number of rotatable bonds is 3. The summed E-state index contributed by atoms with van der Waals surface area (Å²) in [4.78, 5) is 0. The van der Waals surface area contributed by atoms with E-state index in [-0.39, 0.29) is 0 Å². The fourth-order valence-corrected chi connectivity index (χ4v) is 2.53. The van der Waals surface area contributed by atoms with Crippen LogP contribution < -0.4 is 15.2 Å². The molecule has 0 aromatic heterocycles. The van der Waals surface area contributed by atoms with Gasteiger partial charge in [-0.15, -0.1) is 0 Å². The molecular formula is C14H13BrFNO2. The van der Waals surface area contributed by atoms with Crippen LogP contribution in [-0.2, 0) is 0 Å². The predicted octanol–water partition coefficient (Wildman–Crippen LogP) is 3.85. The maximum Gasteiger partial charge on any atom is 0.144 e. The summed E-state index contributed by atoms with van der Waals surface area (Å²) in [7, 11) is 3.08. The van der Waals surface area contributed by atoms with Crippen LogP contribution in [0.1, 0.15) is 0 Å². The van der Waals surface area contributed by atoms with Crippen molar-refractivity contribution in [2.75, 3.05) is 20.0 Å². The summed E-state index contributed by atoms with van der Waals surface area (Å²) in [5.41, 5.74) is 6.99. The second kappa shape index (κ2) is 5.48. The summed E-state index contributed by atoms with van der Waals surface area (Å²) in [5, 5.41) is 0. The van der Waals surface area contributed by atoms with E-state index >= 15 is 0 Å². The van der Waals surface area contributed by atoms with Gasteiger partial charge in [-0.05, 0) is 46.3 Å². The second-order valence-corrected chi connectivity index (χ2v) is 4.69. The van der Waals surface area contributed by atoms with Crippen LogP contribution in [0.25, 0.3) is 11.1 Å². The number of benzene rings is 2. The number of ether oxygens (including phenoxy) is 2. The van der Waals surface area contributed by atoms with Gasteiger partial charge in [0.2, 0.25) is 0 Å². The smallest absolute Gasteiger partial charge is 0.144 e. The molecule has 0 aliphatic rings. The molecule has 2 rings (SSSR count). The van der Waals surface area contributed by atoms with Crippen molar-refractivity contribution in [1.82, 2.24) is 0 Å². The first-order valence-electron chi connectivity index (χ1n) is 5.54. The first kappa shape index (κ1) is 13.7. The van der Waals surface area contributed by atoms with Crippen molar-refractivity contribution < 1.29 is 13.9 Å². The van der Waals surface area contributed by atoms with Crippen LogP contribution in [0.3, 0.4) is 0 Å². The van der Waals surface area contributed by atoms with E-state index in [0.29, 0.717) is 32.8 Å². The number of halogens is 2. The molecule has 0 amide bonds. The first-order valence-corrected chi connectivity index (χ1v) is 6.33. The van der Waals surface area contributed by atoms with Gasteiger partial charge < -0.3 is 15.2 Å². The zero-order chi connectivity index (χ0) is 14.0. The van der Waals surface area contributed by atoms with Crippen LogP contribution in [0.15, 0.2) is 34.8 Å². The van der Waals surface area contributed by atoms with Crippen LogP contribution >= 0.6 is 15.9 Å². The lowest BCUT2D eigenvalue weighted by Crippen LogP contribution is -1.95. The monoisotopic (exact) mass is 325 g/mol. The average Bonchev–Trinajstić information content (AvgIpc) is 2.38. The molecule has 0 fully saturated rings. The molecule has 0 unspecified atom stereocenters. The van der Waals surface area contributed by atoms with E-state index in [1.165, 1.54) is 13.2 Å². The van der Waals surface area contributed by atoms with Gasteiger partial charge in [-0.25, -0.2) is 4.39 Å². The molecular weight excluding hydrogens is 313 g/mol. The third-order valence-corrected chi connectivity index (χ3v) is 3.52. The number of hydrogen-bond acceptors (Lipinski definition) is 3. The van der Waals surface area contributed by atoms with E-state index in [9.17, 15) is 4.39 Å². The van der Waals surface area contributed by atoms with Gasteiger partial charge in [0.25, 0.3) is 0 Å². The van der Waals surface area contributed by atoms with Crippen molar-refractivity contribution in [3.63, 3.8) is 0 Å². The molecule has 0 saturated heterocycles. The minimum atomic E-state index is -0.393. The summed E-state index contributed by atoms with van der Waals surface area (Å²) < 4.78 is 25.1. The SMILES string of the molecule is COc1ccc(-c2ccc(N)cc2F)c(OC)c1Br. The third-order valence-electron chi connectivity index (χ3n) is 2.77. The van der Waals surface area contributed by atoms with E-state index < -0.39 is 5.82 Å². The van der Waals surface area contributed by atoms with Crippen molar-refractivity contribution in [2.45, 2.75) is 0 Å². The largest absolute Gasteiger partial charge is 0.495 e. The van der Waals surface area contributed by atoms with Gasteiger partial charge in [0, 0.05) is 16.8 Å². The molecule has 2 aromatic carbocycles. The van der Waals surface area contributed by atoms with Crippen molar-refractivity contribution in [3.05, 3.63) is 40.6 Å². The van der Waals surface area contributed by atoms with E-state index in [2.05, 4.69) is 15.9 Å². The average molecular weight is 326 g/mol. The molecule has 0 saturated carbocycles. The molecule has 2 aromatic rings. The summed E-state index contributed by atoms with van der Waals surface area (Å²) in [6.45, 7) is 0. The minimum absolute atomic E-state index is 0.382. The standard InChI is InChI=1S/C14H13BrFNO2/c1-18-12-6-5-10(14(19-2)13(12)15)9-4-3-8(17)7-11(9)16/h3-7H,17H2,1-2H3. The maximum absolute atomic E-state index is 14.0. The Labute approximate surface area is 119 Å². The Morgan fingerprint density at radius 1 is 1.05 bits per heavy atom. The Kier molecular flexibility index (Phi) is 3.95. The summed E-state index contributed by atoms with van der Waals surface area (Å²) in [6, 6.07) is 8.05. The summed E-state index contributed by atoms with van der Waals surface area (Å²) in [6.07, 6.45) is 0. The van der Waals surface area contributed by atoms with Crippen LogP contribution in [0, 0.1) is 5.82 Å². The Morgan fingerprint density at radius 3 is 2.32 bits per heavy atom. The third kappa shape index (κ3) is 2.51. The van der Waals surface area contributed by atoms with Crippen LogP contribution in [-0.4, -0.2) is 14.2 Å². The summed E-state index contributed by atoms with van der Waals surface area (Å²) >= 11 is 3.39. The molecule has 0 bridgehead atoms. The molecule has 5 heteroatoms. The zero-order valence-corrected chi connectivity index (χ0v) is 12.1. The normalized spacial score (nSPS) is 10.3. The molecule has 2 N–H and O–H groups in total. The Balaban J connectivity index is 2.65. The maximum atomic E-state index is 14.0. The van der Waals surface area contributed by atoms with Crippen molar-refractivity contribution >= 4 is 21.6 Å². The van der Waals surface area contributed by atoms with Gasteiger partial charge in [0.05, 0.1) is 14.2 Å². The lowest BCUT2D eigenvalue weighted by molar-refractivity contribution is 0.390. The number of nitrogens with two attached hydrogens (primary N) is 1. The summed E-state index contributed by atoms with van der Waals surface area (Å²) in [5.74, 6) is 0.745. The van der Waals surface area contributed by atoms with Crippen LogP contribution in [0.2, 0.25) is 0 Å². The molecule has 0 aliphatic carbocycles. The number of methoxy groups -OCH3 is 2. The lowest BCUT2D eigenvalue weighted by atomic mass is 10.0. The molecule has 0 heterocycles. The Bertz CT molecular complexity index is 617. The van der Waals surface area contributed by atoms with Gasteiger partial charge in [0.15, 0.2) is 0 Å². The van der Waals surface area contributed by atoms with E-state index in [4.69, 9.17) is 15.2 Å². The zero-order valence-electron chi connectivity index (χ0n) is 10.5. The van der Waals surface area contributed by atoms with E-state index in [1.54, 1.807) is 31.4 Å². The van der Waals surface area contributed by atoms with Gasteiger partial charge in [-0.3, -0.25) is 0 Å². The van der Waals surface area contributed by atoms with Gasteiger partial charge in [0.1, 0.15) is 21.8 Å². The van der Waals surface area contributed by atoms with Gasteiger partial charge in [-0.1, -0.05) is 0 Å². The molecule has 100 valence electrons. The topological polar surface area (TPSA) is 44.5 Å². The van der Waals surface area contributed by atoms with Crippen molar-refractivity contribution in [2.24, 2.45) is 0 Å². The molecule has 3 nitrogen and oxygen atoms in total. The minimum Gasteiger partial charge on any atom is -0.495 e. The molecule has 0 spiro atoms.